The normalized spacial score (nSPS) is 12.7. The van der Waals surface area contributed by atoms with Gasteiger partial charge in [0.2, 0.25) is 0 Å². The molecule has 1 amide bonds. The topological polar surface area (TPSA) is 62.3 Å². The van der Waals surface area contributed by atoms with Crippen molar-refractivity contribution in [1.29, 1.82) is 0 Å². The quantitative estimate of drug-likeness (QED) is 0.482. The van der Waals surface area contributed by atoms with Gasteiger partial charge in [-0.2, -0.15) is 17.7 Å². The van der Waals surface area contributed by atoms with Gasteiger partial charge in [-0.3, -0.25) is 4.79 Å². The standard InChI is InChI=1S/C22H15F3N5O/c1-3-16-8-9-17(10-26-16)29(2)21(31)19-13-30-18(11-27-19)12-28-20(30)14-4-6-15(7-5-14)22(23,24)25/h1,4-11,13H,12H2,2H3/q+1. The van der Waals surface area contributed by atoms with Crippen molar-refractivity contribution in [2.45, 2.75) is 12.7 Å². The Kier molecular flexibility index (Phi) is 4.99. The summed E-state index contributed by atoms with van der Waals surface area (Å²) in [7, 11) is 1.58. The van der Waals surface area contributed by atoms with Crippen LogP contribution in [0.1, 0.15) is 33.0 Å². The number of amides is 1. The number of hydrogen-bond acceptors (Lipinski definition) is 4. The Bertz CT molecular complexity index is 1230. The highest BCUT2D eigenvalue weighted by Crippen LogP contribution is 2.29. The average Bonchev–Trinajstić information content (AvgIpc) is 3.21. The van der Waals surface area contributed by atoms with E-state index in [-0.39, 0.29) is 11.6 Å². The number of carbonyl (C=O) groups is 1. The van der Waals surface area contributed by atoms with Crippen LogP contribution >= 0.6 is 0 Å². The van der Waals surface area contributed by atoms with Gasteiger partial charge in [0.1, 0.15) is 11.9 Å². The lowest BCUT2D eigenvalue weighted by atomic mass is 10.1. The second kappa shape index (κ2) is 7.65. The van der Waals surface area contributed by atoms with E-state index in [1.807, 2.05) is 0 Å². The molecule has 4 rings (SSSR count). The Labute approximate surface area is 175 Å². The first-order valence-corrected chi connectivity index (χ1v) is 9.11. The number of carbonyl (C=O) groups excluding carboxylic acids is 1. The first-order valence-electron chi connectivity index (χ1n) is 9.11. The predicted molar refractivity (Wildman–Crippen MR) is 106 cm³/mol. The third-order valence-electron chi connectivity index (χ3n) is 4.81. The molecule has 154 valence electrons. The number of benzene rings is 1. The summed E-state index contributed by atoms with van der Waals surface area (Å²) >= 11 is 0. The lowest BCUT2D eigenvalue weighted by Gasteiger charge is -2.16. The Hall–Kier alpha value is -4.06. The van der Waals surface area contributed by atoms with Crippen LogP contribution in [-0.2, 0) is 12.7 Å². The molecule has 0 unspecified atom stereocenters. The van der Waals surface area contributed by atoms with Gasteiger partial charge in [-0.15, -0.1) is 6.42 Å². The van der Waals surface area contributed by atoms with Crippen molar-refractivity contribution in [3.05, 3.63) is 83.2 Å². The van der Waals surface area contributed by atoms with Gasteiger partial charge in [0, 0.05) is 7.05 Å². The summed E-state index contributed by atoms with van der Waals surface area (Å²) in [4.78, 5) is 27.0. The molecular weight excluding hydrogens is 407 g/mol. The molecule has 3 aromatic rings. The zero-order valence-corrected chi connectivity index (χ0v) is 16.3. The maximum Gasteiger partial charge on any atom is 0.416 e. The van der Waals surface area contributed by atoms with E-state index in [1.54, 1.807) is 23.7 Å². The smallest absolute Gasteiger partial charge is 0.308 e. The molecule has 0 N–H and O–H groups in total. The number of fused-ring (bicyclic) bond motifs is 1. The number of hydrogen-bond donors (Lipinski definition) is 0. The van der Waals surface area contributed by atoms with Crippen LogP contribution in [0.15, 0.2) is 60.0 Å². The number of halogens is 3. The third kappa shape index (κ3) is 3.88. The molecule has 3 heterocycles. The molecule has 0 aliphatic carbocycles. The molecule has 9 heteroatoms. The Balaban J connectivity index is 1.62. The van der Waals surface area contributed by atoms with Gasteiger partial charge >= 0.3 is 12.0 Å². The molecule has 0 saturated carbocycles. The highest BCUT2D eigenvalue weighted by molar-refractivity contribution is 6.04. The molecule has 2 aromatic heterocycles. The molecule has 0 atom stereocenters. The predicted octanol–water partition coefficient (Wildman–Crippen LogP) is 2.85. The van der Waals surface area contributed by atoms with Gasteiger partial charge in [0.05, 0.1) is 29.2 Å². The molecule has 1 aromatic carbocycles. The maximum absolute atomic E-state index is 12.9. The van der Waals surface area contributed by atoms with E-state index in [0.717, 1.165) is 12.1 Å². The fourth-order valence-corrected chi connectivity index (χ4v) is 3.10. The number of aromatic nitrogens is 3. The highest BCUT2D eigenvalue weighted by atomic mass is 19.4. The van der Waals surface area contributed by atoms with Crippen LogP contribution in [0.4, 0.5) is 18.9 Å². The van der Waals surface area contributed by atoms with E-state index >= 15 is 0 Å². The van der Waals surface area contributed by atoms with Crippen molar-refractivity contribution in [3.63, 3.8) is 0 Å². The first kappa shape index (κ1) is 20.2. The molecule has 0 saturated heterocycles. The maximum atomic E-state index is 12.9. The van der Waals surface area contributed by atoms with Gasteiger partial charge in [-0.25, -0.2) is 9.97 Å². The Morgan fingerprint density at radius 3 is 2.48 bits per heavy atom. The molecule has 6 nitrogen and oxygen atoms in total. The zero-order chi connectivity index (χ0) is 22.2. The number of anilines is 1. The molecular formula is C22H15F3N5O+. The lowest BCUT2D eigenvalue weighted by Crippen LogP contribution is -2.45. The molecule has 0 bridgehead atoms. The van der Waals surface area contributed by atoms with Crippen LogP contribution in [0.2, 0.25) is 0 Å². The van der Waals surface area contributed by atoms with Crippen LogP contribution < -0.4 is 9.47 Å². The Morgan fingerprint density at radius 2 is 1.87 bits per heavy atom. The van der Waals surface area contributed by atoms with Crippen LogP contribution in [-0.4, -0.2) is 28.8 Å². The van der Waals surface area contributed by atoms with E-state index in [9.17, 15) is 18.0 Å². The number of rotatable bonds is 3. The molecule has 0 radical (unpaired) electrons. The summed E-state index contributed by atoms with van der Waals surface area (Å²) in [5, 5.41) is 0. The lowest BCUT2D eigenvalue weighted by molar-refractivity contribution is -0.557. The van der Waals surface area contributed by atoms with Crippen LogP contribution in [0.3, 0.4) is 0 Å². The second-order valence-electron chi connectivity index (χ2n) is 6.76. The van der Waals surface area contributed by atoms with E-state index in [2.05, 4.69) is 20.9 Å². The minimum atomic E-state index is -4.41. The summed E-state index contributed by atoms with van der Waals surface area (Å²) in [5.74, 6) is 2.47. The Morgan fingerprint density at radius 1 is 1.13 bits per heavy atom. The molecule has 0 fully saturated rings. The number of aliphatic imine (C=N–C) groups is 1. The van der Waals surface area contributed by atoms with Gasteiger partial charge < -0.3 is 4.90 Å². The van der Waals surface area contributed by atoms with Gasteiger partial charge in [-0.05, 0) is 36.4 Å². The molecule has 31 heavy (non-hydrogen) atoms. The molecule has 1 aliphatic rings. The number of pyridine rings is 1. The summed E-state index contributed by atoms with van der Waals surface area (Å²) in [6, 6.07) is 8.02. The molecule has 0 spiro atoms. The average molecular weight is 422 g/mol. The fourth-order valence-electron chi connectivity index (χ4n) is 3.10. The molecule has 1 aliphatic heterocycles. The van der Waals surface area contributed by atoms with Crippen LogP contribution in [0.25, 0.3) is 0 Å². The van der Waals surface area contributed by atoms with E-state index in [0.29, 0.717) is 35.0 Å². The minimum absolute atomic E-state index is 0.147. The van der Waals surface area contributed by atoms with E-state index < -0.39 is 11.7 Å². The third-order valence-corrected chi connectivity index (χ3v) is 4.81. The monoisotopic (exact) mass is 422 g/mol. The van der Waals surface area contributed by atoms with Crippen molar-refractivity contribution in [1.82, 2.24) is 9.97 Å². The fraction of sp³-hybridized carbons (Fsp3) is 0.136. The van der Waals surface area contributed by atoms with E-state index in [4.69, 9.17) is 6.42 Å². The van der Waals surface area contributed by atoms with Crippen molar-refractivity contribution in [3.8, 4) is 12.3 Å². The minimum Gasteiger partial charge on any atom is -0.308 e. The summed E-state index contributed by atoms with van der Waals surface area (Å²) < 4.78 is 40.2. The van der Waals surface area contributed by atoms with Crippen LogP contribution in [0, 0.1) is 12.3 Å². The van der Waals surface area contributed by atoms with E-state index in [1.165, 1.54) is 35.6 Å². The summed E-state index contributed by atoms with van der Waals surface area (Å²) in [5.41, 5.74) is 1.62. The largest absolute Gasteiger partial charge is 0.416 e. The van der Waals surface area contributed by atoms with Crippen molar-refractivity contribution >= 4 is 17.4 Å². The second-order valence-corrected chi connectivity index (χ2v) is 6.76. The zero-order valence-electron chi connectivity index (χ0n) is 16.3. The first-order chi connectivity index (χ1) is 14.8. The van der Waals surface area contributed by atoms with Crippen molar-refractivity contribution < 1.29 is 22.5 Å². The summed E-state index contributed by atoms with van der Waals surface area (Å²) in [6.45, 7) is 0.311. The van der Waals surface area contributed by atoms with Gasteiger partial charge in [0.25, 0.3) is 5.91 Å². The van der Waals surface area contributed by atoms with Crippen LogP contribution in [0.5, 0.6) is 0 Å². The SMILES string of the molecule is C#Cc1ccc(N(C)C(=O)c2c[n+]3c(cn2)CN=C3c2ccc(C(F)(F)F)cc2)cn1. The van der Waals surface area contributed by atoms with Gasteiger partial charge in [-0.1, -0.05) is 10.9 Å². The van der Waals surface area contributed by atoms with Crippen molar-refractivity contribution in [2.75, 3.05) is 11.9 Å². The number of nitrogens with zero attached hydrogens (tertiary/aromatic N) is 5. The summed E-state index contributed by atoms with van der Waals surface area (Å²) in [6.07, 6.45) is 5.43. The van der Waals surface area contributed by atoms with Crippen molar-refractivity contribution in [2.24, 2.45) is 4.99 Å². The van der Waals surface area contributed by atoms with Gasteiger partial charge in [0.15, 0.2) is 17.9 Å². The number of terminal acetylenes is 1. The highest BCUT2D eigenvalue weighted by Gasteiger charge is 2.32. The number of alkyl halides is 3.